The Morgan fingerprint density at radius 1 is 1.19 bits per heavy atom. The summed E-state index contributed by atoms with van der Waals surface area (Å²) in [6.45, 7) is 3.28. The van der Waals surface area contributed by atoms with Gasteiger partial charge >= 0.3 is 6.03 Å². The molecule has 1 atom stereocenters. The molecular formula is C22H27FN2O. The second-order valence-corrected chi connectivity index (χ2v) is 6.95. The summed E-state index contributed by atoms with van der Waals surface area (Å²) in [7, 11) is 0. The molecule has 0 heterocycles. The van der Waals surface area contributed by atoms with E-state index in [0.717, 1.165) is 37.7 Å². The molecule has 0 aromatic heterocycles. The maximum atomic E-state index is 13.2. The number of fused-ring (bicyclic) bond motifs is 1. The van der Waals surface area contributed by atoms with E-state index < -0.39 is 0 Å². The summed E-state index contributed by atoms with van der Waals surface area (Å²) in [5, 5.41) is 3.06. The van der Waals surface area contributed by atoms with E-state index in [4.69, 9.17) is 0 Å². The van der Waals surface area contributed by atoms with E-state index in [9.17, 15) is 9.18 Å². The quantitative estimate of drug-likeness (QED) is 0.709. The molecule has 3 rings (SSSR count). The van der Waals surface area contributed by atoms with E-state index in [0.29, 0.717) is 13.1 Å². The van der Waals surface area contributed by atoms with Gasteiger partial charge in [-0.05, 0) is 54.5 Å². The van der Waals surface area contributed by atoms with Crippen molar-refractivity contribution in [3.05, 3.63) is 71.0 Å². The van der Waals surface area contributed by atoms with Crippen LogP contribution >= 0.6 is 0 Å². The van der Waals surface area contributed by atoms with E-state index in [2.05, 4.69) is 30.4 Å². The fraction of sp³-hybridized carbons (Fsp3) is 0.409. The first-order valence-electron chi connectivity index (χ1n) is 9.55. The van der Waals surface area contributed by atoms with Crippen LogP contribution in [0.2, 0.25) is 0 Å². The Morgan fingerprint density at radius 2 is 1.96 bits per heavy atom. The lowest BCUT2D eigenvalue weighted by molar-refractivity contribution is 0.162. The fourth-order valence-corrected chi connectivity index (χ4v) is 3.64. The lowest BCUT2D eigenvalue weighted by atomic mass is 9.86. The topological polar surface area (TPSA) is 32.3 Å². The minimum atomic E-state index is -0.254. The van der Waals surface area contributed by atoms with Crippen molar-refractivity contribution < 1.29 is 9.18 Å². The number of carbonyl (C=O) groups excluding carboxylic acids is 1. The highest BCUT2D eigenvalue weighted by Gasteiger charge is 2.29. The van der Waals surface area contributed by atoms with Gasteiger partial charge in [0, 0.05) is 13.1 Å². The Balaban J connectivity index is 1.85. The highest BCUT2D eigenvalue weighted by molar-refractivity contribution is 5.75. The zero-order chi connectivity index (χ0) is 18.4. The van der Waals surface area contributed by atoms with E-state index in [-0.39, 0.29) is 17.9 Å². The number of hydrogen-bond acceptors (Lipinski definition) is 1. The first-order valence-corrected chi connectivity index (χ1v) is 9.55. The number of halogens is 1. The molecule has 2 aromatic rings. The van der Waals surface area contributed by atoms with Crippen LogP contribution in [-0.2, 0) is 13.0 Å². The van der Waals surface area contributed by atoms with E-state index in [1.54, 1.807) is 12.1 Å². The molecule has 0 spiro atoms. The van der Waals surface area contributed by atoms with Gasteiger partial charge in [-0.2, -0.15) is 0 Å². The molecular weight excluding hydrogens is 327 g/mol. The molecule has 26 heavy (non-hydrogen) atoms. The molecule has 1 aliphatic rings. The van der Waals surface area contributed by atoms with Crippen LogP contribution < -0.4 is 5.32 Å². The number of nitrogens with zero attached hydrogens (tertiary/aromatic N) is 1. The molecule has 1 aliphatic carbocycles. The first kappa shape index (κ1) is 18.4. The number of hydrogen-bond donors (Lipinski definition) is 1. The number of urea groups is 1. The van der Waals surface area contributed by atoms with Gasteiger partial charge in [0.2, 0.25) is 0 Å². The van der Waals surface area contributed by atoms with Gasteiger partial charge in [-0.3, -0.25) is 0 Å². The van der Waals surface area contributed by atoms with Gasteiger partial charge in [0.25, 0.3) is 0 Å². The zero-order valence-electron chi connectivity index (χ0n) is 15.4. The van der Waals surface area contributed by atoms with Crippen molar-refractivity contribution in [1.29, 1.82) is 0 Å². The fourth-order valence-electron chi connectivity index (χ4n) is 3.64. The maximum absolute atomic E-state index is 13.2. The number of benzene rings is 2. The molecule has 0 bridgehead atoms. The van der Waals surface area contributed by atoms with Crippen molar-refractivity contribution in [1.82, 2.24) is 10.2 Å². The second kappa shape index (κ2) is 8.84. The second-order valence-electron chi connectivity index (χ2n) is 6.95. The van der Waals surface area contributed by atoms with E-state index in [1.807, 2.05) is 11.0 Å². The molecule has 3 nitrogen and oxygen atoms in total. The molecule has 1 N–H and O–H groups in total. The van der Waals surface area contributed by atoms with Crippen LogP contribution in [0.25, 0.3) is 0 Å². The minimum absolute atomic E-state index is 0.0375. The monoisotopic (exact) mass is 354 g/mol. The van der Waals surface area contributed by atoms with Gasteiger partial charge in [0.1, 0.15) is 5.82 Å². The molecule has 0 saturated carbocycles. The Kier molecular flexibility index (Phi) is 6.26. The Hall–Kier alpha value is -2.36. The number of nitrogens with one attached hydrogen (secondary N) is 1. The average Bonchev–Trinajstić information content (AvgIpc) is 2.67. The average molecular weight is 354 g/mol. The van der Waals surface area contributed by atoms with Crippen LogP contribution in [0, 0.1) is 5.82 Å². The molecule has 138 valence electrons. The van der Waals surface area contributed by atoms with Gasteiger partial charge in [0.05, 0.1) is 6.04 Å². The minimum Gasteiger partial charge on any atom is -0.338 e. The highest BCUT2D eigenvalue weighted by Crippen LogP contribution is 2.35. The van der Waals surface area contributed by atoms with Crippen molar-refractivity contribution in [2.75, 3.05) is 6.54 Å². The number of amides is 2. The molecule has 0 aliphatic heterocycles. The number of unbranched alkanes of at least 4 members (excludes halogenated alkanes) is 1. The predicted octanol–water partition coefficient (Wildman–Crippen LogP) is 5.22. The van der Waals surface area contributed by atoms with Crippen molar-refractivity contribution in [3.63, 3.8) is 0 Å². The first-order chi connectivity index (χ1) is 12.7. The summed E-state index contributed by atoms with van der Waals surface area (Å²) in [5.74, 6) is -0.254. The van der Waals surface area contributed by atoms with Gasteiger partial charge < -0.3 is 10.2 Å². The molecule has 0 fully saturated rings. The standard InChI is InChI=1S/C22H27FN2O/c1-2-3-15-24-22(26)25(16-17-11-13-19(23)14-12-17)21-10-6-8-18-7-4-5-9-20(18)21/h4-5,7,9,11-14,21H,2-3,6,8,10,15-16H2,1H3,(H,24,26). The summed E-state index contributed by atoms with van der Waals surface area (Å²) in [5.41, 5.74) is 3.51. The van der Waals surface area contributed by atoms with Crippen LogP contribution in [-0.4, -0.2) is 17.5 Å². The van der Waals surface area contributed by atoms with Crippen molar-refractivity contribution in [3.8, 4) is 0 Å². The molecule has 2 aromatic carbocycles. The third kappa shape index (κ3) is 4.43. The summed E-state index contributed by atoms with van der Waals surface area (Å²) >= 11 is 0. The molecule has 4 heteroatoms. The van der Waals surface area contributed by atoms with Gasteiger partial charge in [-0.15, -0.1) is 0 Å². The Bertz CT molecular complexity index is 729. The molecule has 0 saturated heterocycles. The van der Waals surface area contributed by atoms with Crippen LogP contribution in [0.5, 0.6) is 0 Å². The normalized spacial score (nSPS) is 16.0. The molecule has 0 radical (unpaired) electrons. The third-order valence-electron chi connectivity index (χ3n) is 5.05. The number of aryl methyl sites for hydroxylation is 1. The van der Waals surface area contributed by atoms with Gasteiger partial charge in [0.15, 0.2) is 0 Å². The zero-order valence-corrected chi connectivity index (χ0v) is 15.4. The summed E-state index contributed by atoms with van der Waals surface area (Å²) < 4.78 is 13.2. The molecule has 2 amide bonds. The van der Waals surface area contributed by atoms with Crippen molar-refractivity contribution >= 4 is 6.03 Å². The van der Waals surface area contributed by atoms with Crippen LogP contribution in [0.1, 0.15) is 55.3 Å². The third-order valence-corrected chi connectivity index (χ3v) is 5.05. The lowest BCUT2D eigenvalue weighted by Gasteiger charge is -2.36. The number of carbonyl (C=O) groups is 1. The van der Waals surface area contributed by atoms with Crippen LogP contribution in [0.4, 0.5) is 9.18 Å². The van der Waals surface area contributed by atoms with Gasteiger partial charge in [-0.25, -0.2) is 9.18 Å². The molecule has 1 unspecified atom stereocenters. The lowest BCUT2D eigenvalue weighted by Crippen LogP contribution is -2.43. The van der Waals surface area contributed by atoms with Crippen molar-refractivity contribution in [2.24, 2.45) is 0 Å². The summed E-state index contributed by atoms with van der Waals surface area (Å²) in [6.07, 6.45) is 5.11. The SMILES string of the molecule is CCCCNC(=O)N(Cc1ccc(F)cc1)C1CCCc2ccccc21. The number of rotatable bonds is 6. The summed E-state index contributed by atoms with van der Waals surface area (Å²) in [6, 6.07) is 14.9. The van der Waals surface area contributed by atoms with E-state index in [1.165, 1.54) is 23.3 Å². The predicted molar refractivity (Wildman–Crippen MR) is 102 cm³/mol. The van der Waals surface area contributed by atoms with Crippen LogP contribution in [0.15, 0.2) is 48.5 Å². The van der Waals surface area contributed by atoms with Crippen LogP contribution in [0.3, 0.4) is 0 Å². The summed E-state index contributed by atoms with van der Waals surface area (Å²) in [4.78, 5) is 14.9. The Labute approximate surface area is 155 Å². The maximum Gasteiger partial charge on any atom is 0.318 e. The Morgan fingerprint density at radius 3 is 2.73 bits per heavy atom. The van der Waals surface area contributed by atoms with Crippen molar-refractivity contribution in [2.45, 2.75) is 51.6 Å². The van der Waals surface area contributed by atoms with Gasteiger partial charge in [-0.1, -0.05) is 49.7 Å². The largest absolute Gasteiger partial charge is 0.338 e. The highest BCUT2D eigenvalue weighted by atomic mass is 19.1. The van der Waals surface area contributed by atoms with E-state index >= 15 is 0 Å². The smallest absolute Gasteiger partial charge is 0.318 e.